The SMILES string of the molecule is N#C[C@]1(c2cccc(Cl)c2)CC[C@@H](O)CC1. The second-order valence-electron chi connectivity index (χ2n) is 4.44. The van der Waals surface area contributed by atoms with E-state index in [1.54, 1.807) is 0 Å². The number of rotatable bonds is 1. The van der Waals surface area contributed by atoms with Gasteiger partial charge in [0.15, 0.2) is 0 Å². The van der Waals surface area contributed by atoms with Gasteiger partial charge >= 0.3 is 0 Å². The Morgan fingerprint density at radius 1 is 1.38 bits per heavy atom. The molecule has 0 heterocycles. The van der Waals surface area contributed by atoms with E-state index in [9.17, 15) is 10.4 Å². The van der Waals surface area contributed by atoms with Crippen LogP contribution >= 0.6 is 11.6 Å². The number of aliphatic hydroxyl groups is 1. The van der Waals surface area contributed by atoms with Crippen molar-refractivity contribution in [1.82, 2.24) is 0 Å². The minimum Gasteiger partial charge on any atom is -0.393 e. The Kier molecular flexibility index (Phi) is 3.18. The molecule has 2 nitrogen and oxygen atoms in total. The lowest BCUT2D eigenvalue weighted by Gasteiger charge is -2.33. The average Bonchev–Trinajstić information content (AvgIpc) is 2.31. The van der Waals surface area contributed by atoms with Crippen LogP contribution in [-0.4, -0.2) is 11.2 Å². The highest BCUT2D eigenvalue weighted by Gasteiger charge is 2.36. The van der Waals surface area contributed by atoms with Crippen molar-refractivity contribution in [2.24, 2.45) is 0 Å². The molecule has 84 valence electrons. The minimum absolute atomic E-state index is 0.249. The molecular formula is C13H14ClNO. The summed E-state index contributed by atoms with van der Waals surface area (Å²) in [4.78, 5) is 0. The van der Waals surface area contributed by atoms with Gasteiger partial charge in [-0.1, -0.05) is 23.7 Å². The molecular weight excluding hydrogens is 222 g/mol. The van der Waals surface area contributed by atoms with Gasteiger partial charge in [-0.3, -0.25) is 0 Å². The van der Waals surface area contributed by atoms with E-state index >= 15 is 0 Å². The molecule has 0 radical (unpaired) electrons. The lowest BCUT2D eigenvalue weighted by atomic mass is 9.70. The predicted octanol–water partition coefficient (Wildman–Crippen LogP) is 3.04. The molecule has 0 amide bonds. The monoisotopic (exact) mass is 235 g/mol. The van der Waals surface area contributed by atoms with Gasteiger partial charge in [0.25, 0.3) is 0 Å². The third-order valence-electron chi connectivity index (χ3n) is 3.40. The highest BCUT2D eigenvalue weighted by atomic mass is 35.5. The summed E-state index contributed by atoms with van der Waals surface area (Å²) in [5.74, 6) is 0. The number of halogens is 1. The second-order valence-corrected chi connectivity index (χ2v) is 4.87. The Bertz CT molecular complexity index is 416. The van der Waals surface area contributed by atoms with E-state index in [0.29, 0.717) is 30.7 Å². The number of nitrogens with zero attached hydrogens (tertiary/aromatic N) is 1. The summed E-state index contributed by atoms with van der Waals surface area (Å²) in [7, 11) is 0. The molecule has 1 aliphatic carbocycles. The van der Waals surface area contributed by atoms with Crippen LogP contribution in [-0.2, 0) is 5.41 Å². The third-order valence-corrected chi connectivity index (χ3v) is 3.63. The first kappa shape index (κ1) is 11.4. The van der Waals surface area contributed by atoms with Crippen LogP contribution in [0.25, 0.3) is 0 Å². The zero-order chi connectivity index (χ0) is 11.6. The Labute approximate surface area is 100 Å². The van der Waals surface area contributed by atoms with Crippen LogP contribution < -0.4 is 0 Å². The Balaban J connectivity index is 2.32. The van der Waals surface area contributed by atoms with E-state index in [0.717, 1.165) is 5.56 Å². The number of nitriles is 1. The van der Waals surface area contributed by atoms with Gasteiger partial charge in [-0.2, -0.15) is 5.26 Å². The molecule has 0 aromatic heterocycles. The van der Waals surface area contributed by atoms with Crippen LogP contribution in [0.3, 0.4) is 0 Å². The smallest absolute Gasteiger partial charge is 0.0824 e. The van der Waals surface area contributed by atoms with Crippen LogP contribution in [0.15, 0.2) is 24.3 Å². The fourth-order valence-corrected chi connectivity index (χ4v) is 2.54. The number of hydrogen-bond donors (Lipinski definition) is 1. The molecule has 0 spiro atoms. The first-order chi connectivity index (χ1) is 7.66. The number of benzene rings is 1. The molecule has 0 saturated heterocycles. The molecule has 16 heavy (non-hydrogen) atoms. The highest BCUT2D eigenvalue weighted by molar-refractivity contribution is 6.30. The van der Waals surface area contributed by atoms with Crippen molar-refractivity contribution < 1.29 is 5.11 Å². The van der Waals surface area contributed by atoms with Gasteiger partial charge in [0.05, 0.1) is 17.6 Å². The van der Waals surface area contributed by atoms with E-state index in [1.165, 1.54) is 0 Å². The molecule has 2 rings (SSSR count). The maximum Gasteiger partial charge on any atom is 0.0824 e. The predicted molar refractivity (Wildman–Crippen MR) is 63.2 cm³/mol. The maximum atomic E-state index is 9.50. The second kappa shape index (κ2) is 4.45. The van der Waals surface area contributed by atoms with E-state index < -0.39 is 5.41 Å². The molecule has 1 saturated carbocycles. The van der Waals surface area contributed by atoms with E-state index in [-0.39, 0.29) is 6.10 Å². The Hall–Kier alpha value is -1.04. The van der Waals surface area contributed by atoms with Crippen molar-refractivity contribution in [2.45, 2.75) is 37.2 Å². The highest BCUT2D eigenvalue weighted by Crippen LogP contribution is 2.39. The van der Waals surface area contributed by atoms with Gasteiger partial charge in [0, 0.05) is 5.02 Å². The van der Waals surface area contributed by atoms with Crippen molar-refractivity contribution >= 4 is 11.6 Å². The van der Waals surface area contributed by atoms with Crippen molar-refractivity contribution in [1.29, 1.82) is 5.26 Å². The summed E-state index contributed by atoms with van der Waals surface area (Å²) >= 11 is 5.95. The zero-order valence-corrected chi connectivity index (χ0v) is 9.74. The van der Waals surface area contributed by atoms with Gasteiger partial charge in [0.2, 0.25) is 0 Å². The molecule has 0 unspecified atom stereocenters. The van der Waals surface area contributed by atoms with Gasteiger partial charge < -0.3 is 5.11 Å². The Morgan fingerprint density at radius 3 is 2.62 bits per heavy atom. The molecule has 1 N–H and O–H groups in total. The first-order valence-electron chi connectivity index (χ1n) is 5.52. The Morgan fingerprint density at radius 2 is 2.06 bits per heavy atom. The quantitative estimate of drug-likeness (QED) is 0.813. The fraction of sp³-hybridized carbons (Fsp3) is 0.462. The molecule has 0 aliphatic heterocycles. The summed E-state index contributed by atoms with van der Waals surface area (Å²) < 4.78 is 0. The van der Waals surface area contributed by atoms with E-state index in [1.807, 2.05) is 24.3 Å². The van der Waals surface area contributed by atoms with Crippen molar-refractivity contribution in [3.05, 3.63) is 34.9 Å². The lowest BCUT2D eigenvalue weighted by molar-refractivity contribution is 0.109. The number of aliphatic hydroxyl groups excluding tert-OH is 1. The number of hydrogen-bond acceptors (Lipinski definition) is 2. The van der Waals surface area contributed by atoms with Gasteiger partial charge in [-0.15, -0.1) is 0 Å². The molecule has 1 aromatic rings. The van der Waals surface area contributed by atoms with Crippen LogP contribution in [0.2, 0.25) is 5.02 Å². The molecule has 1 aromatic carbocycles. The molecule has 1 fully saturated rings. The van der Waals surface area contributed by atoms with Crippen molar-refractivity contribution in [3.8, 4) is 6.07 Å². The van der Waals surface area contributed by atoms with Crippen LogP contribution in [0.4, 0.5) is 0 Å². The summed E-state index contributed by atoms with van der Waals surface area (Å²) in [5, 5.41) is 19.6. The third kappa shape index (κ3) is 2.07. The zero-order valence-electron chi connectivity index (χ0n) is 8.99. The molecule has 1 aliphatic rings. The van der Waals surface area contributed by atoms with Crippen LogP contribution in [0, 0.1) is 11.3 Å². The van der Waals surface area contributed by atoms with Gasteiger partial charge in [-0.05, 0) is 43.4 Å². The summed E-state index contributed by atoms with van der Waals surface area (Å²) in [5.41, 5.74) is 0.527. The average molecular weight is 236 g/mol. The van der Waals surface area contributed by atoms with Gasteiger partial charge in [-0.25, -0.2) is 0 Å². The summed E-state index contributed by atoms with van der Waals surface area (Å²) in [6.45, 7) is 0. The van der Waals surface area contributed by atoms with Crippen molar-refractivity contribution in [2.75, 3.05) is 0 Å². The summed E-state index contributed by atoms with van der Waals surface area (Å²) in [6, 6.07) is 9.92. The topological polar surface area (TPSA) is 44.0 Å². The molecule has 0 bridgehead atoms. The van der Waals surface area contributed by atoms with Crippen molar-refractivity contribution in [3.63, 3.8) is 0 Å². The minimum atomic E-state index is -0.454. The van der Waals surface area contributed by atoms with Crippen LogP contribution in [0.5, 0.6) is 0 Å². The van der Waals surface area contributed by atoms with Crippen LogP contribution in [0.1, 0.15) is 31.2 Å². The van der Waals surface area contributed by atoms with E-state index in [4.69, 9.17) is 11.6 Å². The molecule has 0 atom stereocenters. The fourth-order valence-electron chi connectivity index (χ4n) is 2.35. The standard InChI is InChI=1S/C13H14ClNO/c14-11-3-1-2-10(8-11)13(9-15)6-4-12(16)5-7-13/h1-3,8,12,16H,4-7H2/t12-,13+. The largest absolute Gasteiger partial charge is 0.393 e. The normalized spacial score (nSPS) is 29.7. The summed E-state index contributed by atoms with van der Waals surface area (Å²) in [6.07, 6.45) is 2.57. The van der Waals surface area contributed by atoms with E-state index in [2.05, 4.69) is 6.07 Å². The first-order valence-corrected chi connectivity index (χ1v) is 5.89. The molecule has 3 heteroatoms. The van der Waals surface area contributed by atoms with Gasteiger partial charge in [0.1, 0.15) is 0 Å². The lowest BCUT2D eigenvalue weighted by Crippen LogP contribution is -2.32. The maximum absolute atomic E-state index is 9.50.